The molecule has 2 aromatic carbocycles. The fourth-order valence-electron chi connectivity index (χ4n) is 2.37. The van der Waals surface area contributed by atoms with E-state index in [0.29, 0.717) is 23.7 Å². The monoisotopic (exact) mass is 356 g/mol. The lowest BCUT2D eigenvalue weighted by atomic mass is 10.2. The standard InChI is InChI=1S/C20H24N2O4/c1-4-22(20(24)14-26-18-7-5-6-15(2)12-18)13-19(23)21-16-8-10-17(25-3)11-9-16/h5-12H,4,13-14H2,1-3H3,(H,21,23). The molecule has 0 aromatic heterocycles. The molecule has 0 aliphatic rings. The summed E-state index contributed by atoms with van der Waals surface area (Å²) in [6.45, 7) is 4.07. The van der Waals surface area contributed by atoms with Crippen molar-refractivity contribution in [3.63, 3.8) is 0 Å². The summed E-state index contributed by atoms with van der Waals surface area (Å²) in [6.07, 6.45) is 0. The van der Waals surface area contributed by atoms with Gasteiger partial charge in [-0.25, -0.2) is 0 Å². The summed E-state index contributed by atoms with van der Waals surface area (Å²) >= 11 is 0. The summed E-state index contributed by atoms with van der Waals surface area (Å²) in [4.78, 5) is 25.9. The van der Waals surface area contributed by atoms with Gasteiger partial charge in [-0.05, 0) is 55.8 Å². The topological polar surface area (TPSA) is 67.9 Å². The van der Waals surface area contributed by atoms with Gasteiger partial charge in [-0.1, -0.05) is 12.1 Å². The summed E-state index contributed by atoms with van der Waals surface area (Å²) in [7, 11) is 1.58. The first-order valence-corrected chi connectivity index (χ1v) is 8.43. The highest BCUT2D eigenvalue weighted by molar-refractivity contribution is 5.94. The third-order valence-corrected chi connectivity index (χ3v) is 3.79. The lowest BCUT2D eigenvalue weighted by molar-refractivity contribution is -0.136. The maximum absolute atomic E-state index is 12.3. The fourth-order valence-corrected chi connectivity index (χ4v) is 2.37. The summed E-state index contributed by atoms with van der Waals surface area (Å²) in [6, 6.07) is 14.5. The Bertz CT molecular complexity index is 744. The number of carbonyl (C=O) groups excluding carboxylic acids is 2. The summed E-state index contributed by atoms with van der Waals surface area (Å²) < 4.78 is 10.6. The number of methoxy groups -OCH3 is 1. The second-order valence-electron chi connectivity index (χ2n) is 5.79. The molecule has 0 unspecified atom stereocenters. The predicted octanol–water partition coefficient (Wildman–Crippen LogP) is 2.87. The summed E-state index contributed by atoms with van der Waals surface area (Å²) in [5, 5.41) is 2.76. The van der Waals surface area contributed by atoms with Crippen molar-refractivity contribution < 1.29 is 19.1 Å². The van der Waals surface area contributed by atoms with E-state index in [-0.39, 0.29) is 25.0 Å². The molecule has 2 aromatic rings. The van der Waals surface area contributed by atoms with Crippen LogP contribution in [0.1, 0.15) is 12.5 Å². The molecule has 1 N–H and O–H groups in total. The molecule has 6 nitrogen and oxygen atoms in total. The molecule has 0 saturated carbocycles. The number of benzene rings is 2. The number of aryl methyl sites for hydroxylation is 1. The molecule has 0 atom stereocenters. The average molecular weight is 356 g/mol. The predicted molar refractivity (Wildman–Crippen MR) is 101 cm³/mol. The second-order valence-corrected chi connectivity index (χ2v) is 5.79. The molecule has 6 heteroatoms. The number of nitrogens with zero attached hydrogens (tertiary/aromatic N) is 1. The number of anilines is 1. The van der Waals surface area contributed by atoms with Gasteiger partial charge in [0.1, 0.15) is 11.5 Å². The molecule has 2 amide bonds. The van der Waals surface area contributed by atoms with Crippen molar-refractivity contribution >= 4 is 17.5 Å². The normalized spacial score (nSPS) is 10.1. The first-order valence-electron chi connectivity index (χ1n) is 8.43. The fraction of sp³-hybridized carbons (Fsp3) is 0.300. The average Bonchev–Trinajstić information content (AvgIpc) is 2.65. The van der Waals surface area contributed by atoms with Crippen LogP contribution in [-0.2, 0) is 9.59 Å². The van der Waals surface area contributed by atoms with Crippen molar-refractivity contribution in [1.29, 1.82) is 0 Å². The Hall–Kier alpha value is -3.02. The number of ether oxygens (including phenoxy) is 2. The van der Waals surface area contributed by atoms with Crippen molar-refractivity contribution in [2.45, 2.75) is 13.8 Å². The molecule has 0 spiro atoms. The van der Waals surface area contributed by atoms with E-state index in [0.717, 1.165) is 5.56 Å². The van der Waals surface area contributed by atoms with Gasteiger partial charge in [0.05, 0.1) is 13.7 Å². The van der Waals surface area contributed by atoms with E-state index < -0.39 is 0 Å². The van der Waals surface area contributed by atoms with Gasteiger partial charge in [0.2, 0.25) is 5.91 Å². The molecule has 0 aliphatic heterocycles. The van der Waals surface area contributed by atoms with Crippen LogP contribution in [0.15, 0.2) is 48.5 Å². The Morgan fingerprint density at radius 1 is 1.08 bits per heavy atom. The smallest absolute Gasteiger partial charge is 0.260 e. The molecule has 138 valence electrons. The third-order valence-electron chi connectivity index (χ3n) is 3.79. The first-order chi connectivity index (χ1) is 12.5. The van der Waals surface area contributed by atoms with Gasteiger partial charge in [0.25, 0.3) is 5.91 Å². The molecule has 0 saturated heterocycles. The Labute approximate surface area is 153 Å². The van der Waals surface area contributed by atoms with Crippen molar-refractivity contribution in [1.82, 2.24) is 4.90 Å². The maximum Gasteiger partial charge on any atom is 0.260 e. The van der Waals surface area contributed by atoms with Crippen LogP contribution in [0.2, 0.25) is 0 Å². The van der Waals surface area contributed by atoms with Crippen LogP contribution in [-0.4, -0.2) is 43.5 Å². The largest absolute Gasteiger partial charge is 0.497 e. The molecular weight excluding hydrogens is 332 g/mol. The van der Waals surface area contributed by atoms with E-state index in [9.17, 15) is 9.59 Å². The first kappa shape index (κ1) is 19.3. The van der Waals surface area contributed by atoms with Crippen LogP contribution in [0.25, 0.3) is 0 Å². The quantitative estimate of drug-likeness (QED) is 0.790. The number of hydrogen-bond donors (Lipinski definition) is 1. The molecule has 0 aliphatic carbocycles. The van der Waals surface area contributed by atoms with Crippen molar-refractivity contribution in [2.75, 3.05) is 32.1 Å². The highest BCUT2D eigenvalue weighted by Gasteiger charge is 2.16. The lowest BCUT2D eigenvalue weighted by Crippen LogP contribution is -2.40. The van der Waals surface area contributed by atoms with Crippen LogP contribution in [0.4, 0.5) is 5.69 Å². The summed E-state index contributed by atoms with van der Waals surface area (Å²) in [5.41, 5.74) is 1.71. The Balaban J connectivity index is 1.86. The molecule has 2 rings (SSSR count). The van der Waals surface area contributed by atoms with Gasteiger partial charge >= 0.3 is 0 Å². The second kappa shape index (κ2) is 9.46. The SMILES string of the molecule is CCN(CC(=O)Nc1ccc(OC)cc1)C(=O)COc1cccc(C)c1. The molecule has 0 fully saturated rings. The van der Waals surface area contributed by atoms with Crippen LogP contribution in [0.3, 0.4) is 0 Å². The number of rotatable bonds is 8. The van der Waals surface area contributed by atoms with Crippen LogP contribution < -0.4 is 14.8 Å². The molecule has 0 heterocycles. The van der Waals surface area contributed by atoms with E-state index in [1.54, 1.807) is 37.4 Å². The van der Waals surface area contributed by atoms with Crippen molar-refractivity contribution in [2.24, 2.45) is 0 Å². The zero-order valence-electron chi connectivity index (χ0n) is 15.3. The number of amides is 2. The number of carbonyl (C=O) groups is 2. The van der Waals surface area contributed by atoms with Gasteiger partial charge in [-0.15, -0.1) is 0 Å². The van der Waals surface area contributed by atoms with Crippen LogP contribution in [0.5, 0.6) is 11.5 Å². The maximum atomic E-state index is 12.3. The minimum Gasteiger partial charge on any atom is -0.497 e. The van der Waals surface area contributed by atoms with Crippen LogP contribution >= 0.6 is 0 Å². The Morgan fingerprint density at radius 3 is 2.42 bits per heavy atom. The van der Waals surface area contributed by atoms with E-state index in [2.05, 4.69) is 5.32 Å². The minimum atomic E-state index is -0.263. The highest BCUT2D eigenvalue weighted by atomic mass is 16.5. The van der Waals surface area contributed by atoms with Gasteiger partial charge in [-0.3, -0.25) is 9.59 Å². The zero-order chi connectivity index (χ0) is 18.9. The molecule has 0 bridgehead atoms. The zero-order valence-corrected chi connectivity index (χ0v) is 15.3. The van der Waals surface area contributed by atoms with Gasteiger partial charge in [-0.2, -0.15) is 0 Å². The van der Waals surface area contributed by atoms with E-state index >= 15 is 0 Å². The Morgan fingerprint density at radius 2 is 1.81 bits per heavy atom. The van der Waals surface area contributed by atoms with E-state index in [1.807, 2.05) is 32.0 Å². The van der Waals surface area contributed by atoms with Crippen molar-refractivity contribution in [3.05, 3.63) is 54.1 Å². The molecule has 26 heavy (non-hydrogen) atoms. The van der Waals surface area contributed by atoms with Gasteiger partial charge in [0, 0.05) is 12.2 Å². The summed E-state index contributed by atoms with van der Waals surface area (Å²) in [5.74, 6) is 0.846. The lowest BCUT2D eigenvalue weighted by Gasteiger charge is -2.20. The third kappa shape index (κ3) is 5.81. The van der Waals surface area contributed by atoms with Gasteiger partial charge < -0.3 is 19.7 Å². The van der Waals surface area contributed by atoms with E-state index in [1.165, 1.54) is 4.90 Å². The Kier molecular flexibility index (Phi) is 7.02. The van der Waals surface area contributed by atoms with Crippen molar-refractivity contribution in [3.8, 4) is 11.5 Å². The highest BCUT2D eigenvalue weighted by Crippen LogP contribution is 2.15. The minimum absolute atomic E-state index is 0.0292. The number of likely N-dealkylation sites (N-methyl/N-ethyl adjacent to an activating group) is 1. The van der Waals surface area contributed by atoms with Crippen LogP contribution in [0, 0.1) is 6.92 Å². The molecular formula is C20H24N2O4. The number of nitrogens with one attached hydrogen (secondary N) is 1. The number of hydrogen-bond acceptors (Lipinski definition) is 4. The van der Waals surface area contributed by atoms with E-state index in [4.69, 9.17) is 9.47 Å². The molecule has 0 radical (unpaired) electrons. The van der Waals surface area contributed by atoms with Gasteiger partial charge in [0.15, 0.2) is 6.61 Å².